The van der Waals surface area contributed by atoms with Gasteiger partial charge in [-0.2, -0.15) is 0 Å². The largest absolute Gasteiger partial charge is 0.299 e. The van der Waals surface area contributed by atoms with Crippen molar-refractivity contribution in [2.24, 2.45) is 11.3 Å². The van der Waals surface area contributed by atoms with E-state index < -0.39 is 0 Å². The summed E-state index contributed by atoms with van der Waals surface area (Å²) in [4.78, 5) is 11.3. The van der Waals surface area contributed by atoms with Gasteiger partial charge in [0.25, 0.3) is 0 Å². The van der Waals surface area contributed by atoms with Crippen LogP contribution in [0.15, 0.2) is 0 Å². The van der Waals surface area contributed by atoms with Crippen molar-refractivity contribution in [3.05, 3.63) is 0 Å². The molecule has 1 heteroatoms. The molecule has 0 aromatic carbocycles. The topological polar surface area (TPSA) is 17.1 Å². The van der Waals surface area contributed by atoms with Crippen molar-refractivity contribution in [2.45, 2.75) is 39.0 Å². The summed E-state index contributed by atoms with van der Waals surface area (Å²) in [5, 5.41) is 0. The molecule has 0 spiro atoms. The van der Waals surface area contributed by atoms with Crippen molar-refractivity contribution in [2.75, 3.05) is 0 Å². The molecule has 0 aromatic heterocycles. The van der Waals surface area contributed by atoms with E-state index in [-0.39, 0.29) is 0 Å². The van der Waals surface area contributed by atoms with Crippen molar-refractivity contribution in [1.82, 2.24) is 0 Å². The third kappa shape index (κ3) is 0.664. The van der Waals surface area contributed by atoms with Gasteiger partial charge in [0.05, 0.1) is 0 Å². The number of carbonyl (C=O) groups excluding carboxylic acids is 1. The van der Waals surface area contributed by atoms with Gasteiger partial charge in [-0.3, -0.25) is 4.79 Å². The molecule has 0 aromatic rings. The molecule has 0 unspecified atom stereocenters. The Labute approximate surface area is 61.8 Å². The predicted octanol–water partition coefficient (Wildman–Crippen LogP) is 2.16. The lowest BCUT2D eigenvalue weighted by molar-refractivity contribution is -0.121. The fourth-order valence-corrected chi connectivity index (χ4v) is 2.66. The van der Waals surface area contributed by atoms with Crippen LogP contribution < -0.4 is 0 Å². The average molecular weight is 138 g/mol. The van der Waals surface area contributed by atoms with Gasteiger partial charge in [0.15, 0.2) is 0 Å². The summed E-state index contributed by atoms with van der Waals surface area (Å²) in [6, 6.07) is 0. The zero-order chi connectivity index (χ0) is 7.19. The van der Waals surface area contributed by atoms with Crippen molar-refractivity contribution in [3.8, 4) is 0 Å². The van der Waals surface area contributed by atoms with Crippen LogP contribution in [0.4, 0.5) is 0 Å². The second kappa shape index (κ2) is 1.84. The molecule has 2 rings (SSSR count). The standard InChI is InChI=1S/C9H14O/c1-9-5-2-3-7(9)8(10)4-6-9/h7H,2-6H2,1H3/t7-,9+/m0/s1. The molecule has 0 saturated heterocycles. The summed E-state index contributed by atoms with van der Waals surface area (Å²) >= 11 is 0. The summed E-state index contributed by atoms with van der Waals surface area (Å²) in [6.07, 6.45) is 5.78. The van der Waals surface area contributed by atoms with E-state index in [0.29, 0.717) is 17.1 Å². The smallest absolute Gasteiger partial charge is 0.136 e. The van der Waals surface area contributed by atoms with E-state index in [1.807, 2.05) is 0 Å². The number of hydrogen-bond donors (Lipinski definition) is 0. The van der Waals surface area contributed by atoms with E-state index in [1.54, 1.807) is 0 Å². The average Bonchev–Trinajstić information content (AvgIpc) is 2.35. The van der Waals surface area contributed by atoms with E-state index >= 15 is 0 Å². The maximum atomic E-state index is 11.3. The fourth-order valence-electron chi connectivity index (χ4n) is 2.66. The number of hydrogen-bond acceptors (Lipinski definition) is 1. The molecular weight excluding hydrogens is 124 g/mol. The summed E-state index contributed by atoms with van der Waals surface area (Å²) < 4.78 is 0. The first-order chi connectivity index (χ1) is 4.72. The van der Waals surface area contributed by atoms with Gasteiger partial charge >= 0.3 is 0 Å². The molecular formula is C9H14O. The van der Waals surface area contributed by atoms with Crippen LogP contribution in [0.2, 0.25) is 0 Å². The molecule has 2 saturated carbocycles. The van der Waals surface area contributed by atoms with Gasteiger partial charge in [0, 0.05) is 12.3 Å². The van der Waals surface area contributed by atoms with E-state index in [1.165, 1.54) is 19.3 Å². The summed E-state index contributed by atoms with van der Waals surface area (Å²) in [6.45, 7) is 2.29. The molecule has 2 atom stereocenters. The highest BCUT2D eigenvalue weighted by molar-refractivity contribution is 5.84. The quantitative estimate of drug-likeness (QED) is 0.501. The predicted molar refractivity (Wildman–Crippen MR) is 39.7 cm³/mol. The van der Waals surface area contributed by atoms with E-state index in [2.05, 4.69) is 6.92 Å². The van der Waals surface area contributed by atoms with Crippen LogP contribution in [0.1, 0.15) is 39.0 Å². The molecule has 0 N–H and O–H groups in total. The molecule has 1 nitrogen and oxygen atoms in total. The molecule has 0 amide bonds. The number of rotatable bonds is 0. The summed E-state index contributed by atoms with van der Waals surface area (Å²) in [5.74, 6) is 0.993. The maximum Gasteiger partial charge on any atom is 0.136 e. The second-order valence-corrected chi connectivity index (χ2v) is 4.07. The van der Waals surface area contributed by atoms with Crippen LogP contribution in [0.5, 0.6) is 0 Å². The monoisotopic (exact) mass is 138 g/mol. The Morgan fingerprint density at radius 1 is 1.50 bits per heavy atom. The Balaban J connectivity index is 2.27. The van der Waals surface area contributed by atoms with Gasteiger partial charge in [-0.05, 0) is 24.7 Å². The third-order valence-corrected chi connectivity index (χ3v) is 3.41. The molecule has 56 valence electrons. The minimum atomic E-state index is 0.428. The molecule has 2 aliphatic carbocycles. The van der Waals surface area contributed by atoms with E-state index in [9.17, 15) is 4.79 Å². The molecule has 0 radical (unpaired) electrons. The minimum absolute atomic E-state index is 0.428. The van der Waals surface area contributed by atoms with Crippen LogP contribution in [0.3, 0.4) is 0 Å². The van der Waals surface area contributed by atoms with Gasteiger partial charge in [0.2, 0.25) is 0 Å². The normalized spacial score (nSPS) is 46.1. The molecule has 0 heterocycles. The first-order valence-electron chi connectivity index (χ1n) is 4.25. The van der Waals surface area contributed by atoms with Crippen LogP contribution in [-0.4, -0.2) is 5.78 Å². The van der Waals surface area contributed by atoms with Crippen LogP contribution in [0.25, 0.3) is 0 Å². The van der Waals surface area contributed by atoms with Gasteiger partial charge in [-0.25, -0.2) is 0 Å². The van der Waals surface area contributed by atoms with Crippen molar-refractivity contribution in [3.63, 3.8) is 0 Å². The van der Waals surface area contributed by atoms with E-state index in [4.69, 9.17) is 0 Å². The highest BCUT2D eigenvalue weighted by Gasteiger charge is 2.47. The highest BCUT2D eigenvalue weighted by atomic mass is 16.1. The van der Waals surface area contributed by atoms with Crippen LogP contribution in [0, 0.1) is 11.3 Å². The number of fused-ring (bicyclic) bond motifs is 1. The third-order valence-electron chi connectivity index (χ3n) is 3.41. The summed E-state index contributed by atoms with van der Waals surface area (Å²) in [7, 11) is 0. The van der Waals surface area contributed by atoms with Gasteiger partial charge in [0.1, 0.15) is 5.78 Å². The Kier molecular flexibility index (Phi) is 1.17. The Bertz CT molecular complexity index is 174. The first kappa shape index (κ1) is 6.38. The maximum absolute atomic E-state index is 11.3. The van der Waals surface area contributed by atoms with Crippen LogP contribution >= 0.6 is 0 Å². The zero-order valence-corrected chi connectivity index (χ0v) is 6.52. The lowest BCUT2D eigenvalue weighted by atomic mass is 9.83. The van der Waals surface area contributed by atoms with E-state index in [0.717, 1.165) is 12.8 Å². The number of carbonyl (C=O) groups is 1. The first-order valence-corrected chi connectivity index (χ1v) is 4.25. The summed E-state index contributed by atoms with van der Waals surface area (Å²) in [5.41, 5.74) is 0.428. The van der Waals surface area contributed by atoms with Gasteiger partial charge in [-0.1, -0.05) is 13.3 Å². The van der Waals surface area contributed by atoms with Crippen molar-refractivity contribution < 1.29 is 4.79 Å². The Hall–Kier alpha value is -0.330. The molecule has 2 aliphatic rings. The Morgan fingerprint density at radius 3 is 3.00 bits per heavy atom. The fraction of sp³-hybridized carbons (Fsp3) is 0.889. The molecule has 0 bridgehead atoms. The van der Waals surface area contributed by atoms with Gasteiger partial charge < -0.3 is 0 Å². The van der Waals surface area contributed by atoms with Crippen LogP contribution in [-0.2, 0) is 4.79 Å². The zero-order valence-electron chi connectivity index (χ0n) is 6.52. The number of ketones is 1. The van der Waals surface area contributed by atoms with Gasteiger partial charge in [-0.15, -0.1) is 0 Å². The molecule has 10 heavy (non-hydrogen) atoms. The van der Waals surface area contributed by atoms with Crippen molar-refractivity contribution >= 4 is 5.78 Å². The highest BCUT2D eigenvalue weighted by Crippen LogP contribution is 2.51. The number of Topliss-reactive ketones (excluding diaryl/α,β-unsaturated/α-hetero) is 1. The lowest BCUT2D eigenvalue weighted by Crippen LogP contribution is -2.18. The SMILES string of the molecule is C[C@]12CCC[C@H]1C(=O)CC2. The lowest BCUT2D eigenvalue weighted by Gasteiger charge is -2.21. The Morgan fingerprint density at radius 2 is 2.30 bits per heavy atom. The molecule has 0 aliphatic heterocycles. The molecule has 2 fully saturated rings. The second-order valence-electron chi connectivity index (χ2n) is 4.07. The van der Waals surface area contributed by atoms with Crippen molar-refractivity contribution in [1.29, 1.82) is 0 Å². The minimum Gasteiger partial charge on any atom is -0.299 e.